The number of hydrogen-bond acceptors (Lipinski definition) is 3. The topological polar surface area (TPSA) is 42.4 Å². The number of aromatic nitrogens is 1. The molecule has 1 atom stereocenters. The van der Waals surface area contributed by atoms with E-state index in [1.807, 2.05) is 43.0 Å². The van der Waals surface area contributed by atoms with Crippen molar-refractivity contribution in [2.45, 2.75) is 32.8 Å². The Morgan fingerprint density at radius 1 is 1.17 bits per heavy atom. The second kappa shape index (κ2) is 6.82. The third-order valence-corrected chi connectivity index (χ3v) is 4.09. The average molecular weight is 310 g/mol. The third-order valence-electron chi connectivity index (χ3n) is 4.09. The fourth-order valence-electron chi connectivity index (χ4n) is 3.11. The molecule has 0 bridgehead atoms. The molecule has 3 rings (SSSR count). The standard InChI is InChI=1S/C19H22N2O2/c1-14-10-15(2)12-16(11-14)19(22)21-9-3-4-18(13-21)23-17-5-7-20-8-6-17/h5-8,10-12,18H,3-4,9,13H2,1-2H3. The van der Waals surface area contributed by atoms with Gasteiger partial charge in [-0.2, -0.15) is 0 Å². The highest BCUT2D eigenvalue weighted by molar-refractivity contribution is 5.94. The number of amides is 1. The number of pyridine rings is 1. The molecular weight excluding hydrogens is 288 g/mol. The van der Waals surface area contributed by atoms with E-state index >= 15 is 0 Å². The predicted octanol–water partition coefficient (Wildman–Crippen LogP) is 3.38. The van der Waals surface area contributed by atoms with Gasteiger partial charge in [-0.3, -0.25) is 9.78 Å². The molecule has 4 heteroatoms. The van der Waals surface area contributed by atoms with E-state index in [0.29, 0.717) is 6.54 Å². The van der Waals surface area contributed by atoms with Gasteiger partial charge in [-0.05, 0) is 51.0 Å². The highest BCUT2D eigenvalue weighted by Gasteiger charge is 2.25. The van der Waals surface area contributed by atoms with Crippen LogP contribution in [-0.2, 0) is 0 Å². The predicted molar refractivity (Wildman–Crippen MR) is 89.7 cm³/mol. The van der Waals surface area contributed by atoms with E-state index < -0.39 is 0 Å². The van der Waals surface area contributed by atoms with Crippen LogP contribution in [0.2, 0.25) is 0 Å². The van der Waals surface area contributed by atoms with Crippen molar-refractivity contribution in [2.75, 3.05) is 13.1 Å². The Morgan fingerprint density at radius 2 is 1.87 bits per heavy atom. The first-order valence-corrected chi connectivity index (χ1v) is 8.06. The summed E-state index contributed by atoms with van der Waals surface area (Å²) in [6, 6.07) is 9.71. The molecule has 2 aromatic rings. The number of ether oxygens (including phenoxy) is 1. The minimum atomic E-state index is 0.0426. The first kappa shape index (κ1) is 15.5. The molecule has 1 saturated heterocycles. The molecule has 1 fully saturated rings. The Bertz CT molecular complexity index is 665. The first-order valence-electron chi connectivity index (χ1n) is 8.06. The number of hydrogen-bond donors (Lipinski definition) is 0. The second-order valence-corrected chi connectivity index (χ2v) is 6.19. The normalized spacial score (nSPS) is 17.8. The van der Waals surface area contributed by atoms with Crippen LogP contribution in [0.15, 0.2) is 42.7 Å². The van der Waals surface area contributed by atoms with Crippen molar-refractivity contribution in [3.8, 4) is 5.75 Å². The van der Waals surface area contributed by atoms with Crippen molar-refractivity contribution in [3.63, 3.8) is 0 Å². The zero-order valence-electron chi connectivity index (χ0n) is 13.7. The lowest BCUT2D eigenvalue weighted by atomic mass is 10.0. The van der Waals surface area contributed by atoms with Gasteiger partial charge in [-0.15, -0.1) is 0 Å². The number of rotatable bonds is 3. The van der Waals surface area contributed by atoms with Crippen molar-refractivity contribution in [1.29, 1.82) is 0 Å². The maximum Gasteiger partial charge on any atom is 0.253 e. The van der Waals surface area contributed by atoms with Gasteiger partial charge in [-0.1, -0.05) is 17.2 Å². The van der Waals surface area contributed by atoms with Crippen molar-refractivity contribution in [1.82, 2.24) is 9.88 Å². The third kappa shape index (κ3) is 3.89. The van der Waals surface area contributed by atoms with E-state index in [9.17, 15) is 4.79 Å². The van der Waals surface area contributed by atoms with Crippen LogP contribution >= 0.6 is 0 Å². The second-order valence-electron chi connectivity index (χ2n) is 6.19. The molecular formula is C19H22N2O2. The van der Waals surface area contributed by atoms with Gasteiger partial charge in [0.05, 0.1) is 6.54 Å². The van der Waals surface area contributed by atoms with Crippen molar-refractivity contribution in [2.24, 2.45) is 0 Å². The SMILES string of the molecule is Cc1cc(C)cc(C(=O)N2CCCC(Oc3ccncc3)C2)c1. The number of carbonyl (C=O) groups is 1. The fraction of sp³-hybridized carbons (Fsp3) is 0.368. The summed E-state index contributed by atoms with van der Waals surface area (Å²) in [6.45, 7) is 5.47. The zero-order valence-corrected chi connectivity index (χ0v) is 13.7. The van der Waals surface area contributed by atoms with Crippen LogP contribution in [0.25, 0.3) is 0 Å². The molecule has 2 heterocycles. The van der Waals surface area contributed by atoms with Gasteiger partial charge < -0.3 is 9.64 Å². The van der Waals surface area contributed by atoms with Crippen LogP contribution in [0.5, 0.6) is 5.75 Å². The smallest absolute Gasteiger partial charge is 0.253 e. The van der Waals surface area contributed by atoms with E-state index in [1.165, 1.54) is 0 Å². The molecule has 1 aromatic heterocycles. The van der Waals surface area contributed by atoms with E-state index in [1.54, 1.807) is 12.4 Å². The summed E-state index contributed by atoms with van der Waals surface area (Å²) in [7, 11) is 0. The Morgan fingerprint density at radius 3 is 2.57 bits per heavy atom. The van der Waals surface area contributed by atoms with Crippen molar-refractivity contribution in [3.05, 3.63) is 59.4 Å². The highest BCUT2D eigenvalue weighted by Crippen LogP contribution is 2.20. The minimum Gasteiger partial charge on any atom is -0.488 e. The molecule has 0 radical (unpaired) electrons. The number of likely N-dealkylation sites (tertiary alicyclic amines) is 1. The summed E-state index contributed by atoms with van der Waals surface area (Å²) in [5, 5.41) is 0. The van der Waals surface area contributed by atoms with Gasteiger partial charge in [0.25, 0.3) is 5.91 Å². The summed E-state index contributed by atoms with van der Waals surface area (Å²) in [5.41, 5.74) is 3.01. The number of aryl methyl sites for hydroxylation is 2. The van der Waals surface area contributed by atoms with E-state index in [2.05, 4.69) is 11.1 Å². The Labute approximate surface area is 137 Å². The molecule has 1 aliphatic rings. The number of benzene rings is 1. The summed E-state index contributed by atoms with van der Waals surface area (Å²) in [4.78, 5) is 18.7. The molecule has 0 spiro atoms. The summed E-state index contributed by atoms with van der Waals surface area (Å²) >= 11 is 0. The van der Waals surface area contributed by atoms with Crippen molar-refractivity contribution >= 4 is 5.91 Å². The molecule has 23 heavy (non-hydrogen) atoms. The Hall–Kier alpha value is -2.36. The summed E-state index contributed by atoms with van der Waals surface area (Å²) in [5.74, 6) is 0.908. The van der Waals surface area contributed by atoms with E-state index in [-0.39, 0.29) is 12.0 Å². The summed E-state index contributed by atoms with van der Waals surface area (Å²) < 4.78 is 5.99. The van der Waals surface area contributed by atoms with Gasteiger partial charge >= 0.3 is 0 Å². The molecule has 1 aromatic carbocycles. The molecule has 0 aliphatic carbocycles. The lowest BCUT2D eigenvalue weighted by molar-refractivity contribution is 0.0537. The molecule has 1 unspecified atom stereocenters. The quantitative estimate of drug-likeness (QED) is 0.873. The van der Waals surface area contributed by atoms with Gasteiger partial charge in [0.2, 0.25) is 0 Å². The monoisotopic (exact) mass is 310 g/mol. The van der Waals surface area contributed by atoms with Crippen LogP contribution in [-0.4, -0.2) is 35.0 Å². The highest BCUT2D eigenvalue weighted by atomic mass is 16.5. The molecule has 1 aliphatic heterocycles. The van der Waals surface area contributed by atoms with Crippen LogP contribution < -0.4 is 4.74 Å². The van der Waals surface area contributed by atoms with Crippen molar-refractivity contribution < 1.29 is 9.53 Å². The zero-order chi connectivity index (χ0) is 16.2. The lowest BCUT2D eigenvalue weighted by Gasteiger charge is -2.33. The van der Waals surface area contributed by atoms with Gasteiger partial charge in [-0.25, -0.2) is 0 Å². The maximum atomic E-state index is 12.8. The number of piperidine rings is 1. The first-order chi connectivity index (χ1) is 11.1. The van der Waals surface area contributed by atoms with Crippen LogP contribution in [0.4, 0.5) is 0 Å². The number of nitrogens with zero attached hydrogens (tertiary/aromatic N) is 2. The fourth-order valence-corrected chi connectivity index (χ4v) is 3.11. The van der Waals surface area contributed by atoms with Crippen LogP contribution in [0.3, 0.4) is 0 Å². The van der Waals surface area contributed by atoms with Gasteiger partial charge in [0.1, 0.15) is 11.9 Å². The average Bonchev–Trinajstić information content (AvgIpc) is 2.54. The van der Waals surface area contributed by atoms with E-state index in [4.69, 9.17) is 4.74 Å². The summed E-state index contributed by atoms with van der Waals surface area (Å²) in [6.07, 6.45) is 5.42. The van der Waals surface area contributed by atoms with Gasteiger partial charge in [0.15, 0.2) is 0 Å². The maximum absolute atomic E-state index is 12.8. The largest absolute Gasteiger partial charge is 0.488 e. The lowest BCUT2D eigenvalue weighted by Crippen LogP contribution is -2.44. The minimum absolute atomic E-state index is 0.0426. The number of carbonyl (C=O) groups excluding carboxylic acids is 1. The molecule has 120 valence electrons. The molecule has 0 N–H and O–H groups in total. The van der Waals surface area contributed by atoms with Crippen LogP contribution in [0.1, 0.15) is 34.3 Å². The molecule has 4 nitrogen and oxygen atoms in total. The Kier molecular flexibility index (Phi) is 4.60. The Balaban J connectivity index is 1.69. The van der Waals surface area contributed by atoms with Crippen LogP contribution in [0, 0.1) is 13.8 Å². The molecule has 1 amide bonds. The van der Waals surface area contributed by atoms with E-state index in [0.717, 1.165) is 41.8 Å². The van der Waals surface area contributed by atoms with Gasteiger partial charge in [0, 0.05) is 24.5 Å². The molecule has 0 saturated carbocycles.